The molecule has 4 rings (SSSR count). The second-order valence-corrected chi connectivity index (χ2v) is 9.02. The summed E-state index contributed by atoms with van der Waals surface area (Å²) in [5.41, 5.74) is 1.50. The van der Waals surface area contributed by atoms with Gasteiger partial charge in [0.15, 0.2) is 11.4 Å². The fourth-order valence-corrected chi connectivity index (χ4v) is 4.66. The highest BCUT2D eigenvalue weighted by Crippen LogP contribution is 2.36. The number of carbonyl (C=O) groups excluding carboxylic acids is 2. The van der Waals surface area contributed by atoms with Crippen molar-refractivity contribution in [3.05, 3.63) is 102 Å². The van der Waals surface area contributed by atoms with Gasteiger partial charge in [0.1, 0.15) is 0 Å². The minimum Gasteiger partial charge on any atom is -0.420 e. The highest BCUT2D eigenvalue weighted by atomic mass is 79.9. The van der Waals surface area contributed by atoms with Crippen LogP contribution >= 0.6 is 55.1 Å². The molecule has 0 unspecified atom stereocenters. The number of cyclic esters (lactones) is 1. The number of carbonyl (C=O) groups is 2. The second kappa shape index (κ2) is 9.58. The van der Waals surface area contributed by atoms with Crippen molar-refractivity contribution in [2.75, 3.05) is 0 Å². The summed E-state index contributed by atoms with van der Waals surface area (Å²) in [6.45, 7) is 0. The molecule has 0 fully saturated rings. The topological polar surface area (TPSA) is 65.0 Å². The molecule has 160 valence electrons. The largest absolute Gasteiger partial charge is 0.420 e. The van der Waals surface area contributed by atoms with E-state index < -0.39 is 11.9 Å². The normalized spacial score (nSPS) is 14.3. The average molecular weight is 596 g/mol. The van der Waals surface area contributed by atoms with Crippen molar-refractivity contribution in [2.45, 2.75) is 0 Å². The predicted molar refractivity (Wildman–Crippen MR) is 130 cm³/mol. The van der Waals surface area contributed by atoms with Crippen LogP contribution in [0.3, 0.4) is 0 Å². The maximum absolute atomic E-state index is 12.5. The Morgan fingerprint density at radius 3 is 2.25 bits per heavy atom. The molecular weight excluding hydrogens is 585 g/mol. The van der Waals surface area contributed by atoms with Gasteiger partial charge in [-0.25, -0.2) is 14.6 Å². The standard InChI is InChI=1S/C23H11Br2Cl2NO4/c24-15-9-12(10-16(25)20(15)31-22(29)14-6-2-4-8-18(14)27)11-19-23(30)32-21(28-19)13-5-1-3-7-17(13)26/h1-11H/b19-11-. The van der Waals surface area contributed by atoms with Crippen LogP contribution in [0.15, 0.2) is 80.3 Å². The van der Waals surface area contributed by atoms with E-state index in [0.717, 1.165) is 0 Å². The van der Waals surface area contributed by atoms with Gasteiger partial charge in [-0.15, -0.1) is 0 Å². The van der Waals surface area contributed by atoms with Gasteiger partial charge in [0.05, 0.1) is 30.1 Å². The van der Waals surface area contributed by atoms with Crippen molar-refractivity contribution >= 4 is 79.0 Å². The van der Waals surface area contributed by atoms with Crippen molar-refractivity contribution in [2.24, 2.45) is 4.99 Å². The first-order valence-electron chi connectivity index (χ1n) is 9.06. The third kappa shape index (κ3) is 4.81. The lowest BCUT2D eigenvalue weighted by molar-refractivity contribution is -0.129. The van der Waals surface area contributed by atoms with Crippen LogP contribution < -0.4 is 4.74 Å². The van der Waals surface area contributed by atoms with Gasteiger partial charge >= 0.3 is 11.9 Å². The van der Waals surface area contributed by atoms with Crippen molar-refractivity contribution in [1.82, 2.24) is 0 Å². The summed E-state index contributed by atoms with van der Waals surface area (Å²) in [6, 6.07) is 16.9. The van der Waals surface area contributed by atoms with Gasteiger partial charge < -0.3 is 9.47 Å². The SMILES string of the molecule is O=C1OC(c2ccccc2Cl)=N/C1=C\c1cc(Br)c(OC(=O)c2ccccc2Cl)c(Br)c1. The lowest BCUT2D eigenvalue weighted by atomic mass is 10.2. The van der Waals surface area contributed by atoms with Gasteiger partial charge in [-0.3, -0.25) is 0 Å². The number of rotatable bonds is 4. The van der Waals surface area contributed by atoms with Crippen LogP contribution in [0.5, 0.6) is 5.75 Å². The van der Waals surface area contributed by atoms with Crippen molar-refractivity contribution in [1.29, 1.82) is 0 Å². The molecule has 0 amide bonds. The molecule has 0 aromatic heterocycles. The fourth-order valence-electron chi connectivity index (χ4n) is 2.85. The predicted octanol–water partition coefficient (Wildman–Crippen LogP) is 7.08. The van der Waals surface area contributed by atoms with E-state index in [1.165, 1.54) is 0 Å². The van der Waals surface area contributed by atoms with E-state index in [9.17, 15) is 9.59 Å². The van der Waals surface area contributed by atoms with Gasteiger partial charge in [0, 0.05) is 0 Å². The van der Waals surface area contributed by atoms with E-state index in [4.69, 9.17) is 32.7 Å². The first-order chi connectivity index (χ1) is 15.3. The molecule has 0 N–H and O–H groups in total. The first-order valence-corrected chi connectivity index (χ1v) is 11.4. The molecule has 0 spiro atoms. The Morgan fingerprint density at radius 2 is 1.59 bits per heavy atom. The molecule has 3 aromatic carbocycles. The Morgan fingerprint density at radius 1 is 0.969 bits per heavy atom. The molecule has 3 aromatic rings. The van der Waals surface area contributed by atoms with Crippen LogP contribution in [0.1, 0.15) is 21.5 Å². The van der Waals surface area contributed by atoms with E-state index in [1.807, 2.05) is 0 Å². The number of aliphatic imine (C=N–C) groups is 1. The highest BCUT2D eigenvalue weighted by Gasteiger charge is 2.26. The van der Waals surface area contributed by atoms with Crippen molar-refractivity contribution < 1.29 is 19.1 Å². The zero-order valence-electron chi connectivity index (χ0n) is 15.9. The van der Waals surface area contributed by atoms with Crippen LogP contribution in [-0.2, 0) is 9.53 Å². The average Bonchev–Trinajstić information content (AvgIpc) is 3.11. The quantitative estimate of drug-likeness (QED) is 0.184. The number of hydrogen-bond acceptors (Lipinski definition) is 5. The van der Waals surface area contributed by atoms with Crippen LogP contribution in [0.25, 0.3) is 6.08 Å². The molecule has 1 aliphatic rings. The van der Waals surface area contributed by atoms with E-state index in [1.54, 1.807) is 66.7 Å². The minimum atomic E-state index is -0.601. The minimum absolute atomic E-state index is 0.111. The first kappa shape index (κ1) is 22.7. The van der Waals surface area contributed by atoms with Crippen molar-refractivity contribution in [3.63, 3.8) is 0 Å². The number of nitrogens with zero attached hydrogens (tertiary/aromatic N) is 1. The Bertz CT molecular complexity index is 1300. The van der Waals surface area contributed by atoms with Crippen LogP contribution in [-0.4, -0.2) is 17.8 Å². The molecule has 0 bridgehead atoms. The molecule has 0 saturated heterocycles. The summed E-state index contributed by atoms with van der Waals surface area (Å²) < 4.78 is 11.7. The molecule has 9 heteroatoms. The molecular formula is C23H11Br2Cl2NO4. The Kier molecular flexibility index (Phi) is 6.81. The Balaban J connectivity index is 1.61. The van der Waals surface area contributed by atoms with E-state index in [0.29, 0.717) is 25.1 Å². The van der Waals surface area contributed by atoms with Crippen LogP contribution in [0, 0.1) is 0 Å². The lowest BCUT2D eigenvalue weighted by Crippen LogP contribution is -2.10. The van der Waals surface area contributed by atoms with E-state index in [2.05, 4.69) is 36.9 Å². The van der Waals surface area contributed by atoms with Crippen molar-refractivity contribution in [3.8, 4) is 5.75 Å². The van der Waals surface area contributed by atoms with Gasteiger partial charge in [0.2, 0.25) is 5.90 Å². The molecule has 5 nitrogen and oxygen atoms in total. The summed E-state index contributed by atoms with van der Waals surface area (Å²) >= 11 is 19.0. The molecule has 0 atom stereocenters. The maximum atomic E-state index is 12.5. The van der Waals surface area contributed by atoms with Gasteiger partial charge in [0.25, 0.3) is 0 Å². The number of hydrogen-bond donors (Lipinski definition) is 0. The zero-order valence-corrected chi connectivity index (χ0v) is 20.6. The fraction of sp³-hybridized carbons (Fsp3) is 0. The molecule has 0 radical (unpaired) electrons. The lowest BCUT2D eigenvalue weighted by Gasteiger charge is -2.10. The molecule has 1 aliphatic heterocycles. The number of benzene rings is 3. The van der Waals surface area contributed by atoms with Gasteiger partial charge in [-0.1, -0.05) is 47.5 Å². The molecule has 0 saturated carbocycles. The van der Waals surface area contributed by atoms with Crippen LogP contribution in [0.2, 0.25) is 10.0 Å². The maximum Gasteiger partial charge on any atom is 0.363 e. The summed E-state index contributed by atoms with van der Waals surface area (Å²) in [4.78, 5) is 29.1. The molecule has 32 heavy (non-hydrogen) atoms. The van der Waals surface area contributed by atoms with E-state index in [-0.39, 0.29) is 27.9 Å². The Hall–Kier alpha value is -2.45. The summed E-state index contributed by atoms with van der Waals surface area (Å²) in [6.07, 6.45) is 1.56. The van der Waals surface area contributed by atoms with Gasteiger partial charge in [-0.05, 0) is 79.9 Å². The summed E-state index contributed by atoms with van der Waals surface area (Å²) in [7, 11) is 0. The number of halogens is 4. The molecule has 0 aliphatic carbocycles. The molecule has 1 heterocycles. The van der Waals surface area contributed by atoms with E-state index >= 15 is 0 Å². The summed E-state index contributed by atoms with van der Waals surface area (Å²) in [5, 5.41) is 0.716. The number of esters is 2. The Labute approximate surface area is 209 Å². The zero-order chi connectivity index (χ0) is 22.8. The highest BCUT2D eigenvalue weighted by molar-refractivity contribution is 9.11. The number of ether oxygens (including phenoxy) is 2. The summed E-state index contributed by atoms with van der Waals surface area (Å²) in [5.74, 6) is -0.792. The monoisotopic (exact) mass is 593 g/mol. The van der Waals surface area contributed by atoms with Gasteiger partial charge in [-0.2, -0.15) is 0 Å². The third-order valence-corrected chi connectivity index (χ3v) is 6.17. The third-order valence-electron chi connectivity index (χ3n) is 4.34. The second-order valence-electron chi connectivity index (χ2n) is 6.50. The van der Waals surface area contributed by atoms with Crippen LogP contribution in [0.4, 0.5) is 0 Å². The smallest absolute Gasteiger partial charge is 0.363 e.